The summed E-state index contributed by atoms with van der Waals surface area (Å²) in [6.45, 7) is 8.86. The lowest BCUT2D eigenvalue weighted by molar-refractivity contribution is -0.210. The molecule has 2 aromatic rings. The van der Waals surface area contributed by atoms with Crippen molar-refractivity contribution in [2.45, 2.75) is 58.0 Å². The molecule has 2 heterocycles. The lowest BCUT2D eigenvalue weighted by Gasteiger charge is -2.18. The fraction of sp³-hybridized carbons (Fsp3) is 0.556. The molecule has 0 aliphatic heterocycles. The second-order valence-corrected chi connectivity index (χ2v) is 13.5. The first-order chi connectivity index (χ1) is 12.5. The van der Waals surface area contributed by atoms with Crippen LogP contribution in [0.1, 0.15) is 28.7 Å². The highest BCUT2D eigenvalue weighted by Gasteiger charge is 2.42. The molecule has 2 rings (SSSR count). The number of aryl methyl sites for hydroxylation is 1. The molecule has 9 heteroatoms. The van der Waals surface area contributed by atoms with Gasteiger partial charge in [0, 0.05) is 39.7 Å². The Morgan fingerprint density at radius 1 is 1.30 bits per heavy atom. The van der Waals surface area contributed by atoms with Crippen LogP contribution < -0.4 is 0 Å². The molecule has 1 atom stereocenters. The number of pyridine rings is 1. The van der Waals surface area contributed by atoms with Gasteiger partial charge in [-0.15, -0.1) is 0 Å². The van der Waals surface area contributed by atoms with Gasteiger partial charge in [0.15, 0.2) is 0 Å². The first-order valence-corrected chi connectivity index (χ1v) is 12.5. The van der Waals surface area contributed by atoms with Gasteiger partial charge in [0.2, 0.25) is 6.10 Å². The van der Waals surface area contributed by atoms with Crippen molar-refractivity contribution >= 4 is 8.07 Å². The van der Waals surface area contributed by atoms with Crippen LogP contribution in [0.15, 0.2) is 24.7 Å². The molecule has 150 valence electrons. The third-order valence-electron chi connectivity index (χ3n) is 4.15. The van der Waals surface area contributed by atoms with E-state index in [0.717, 1.165) is 17.2 Å². The van der Waals surface area contributed by atoms with E-state index in [-0.39, 0.29) is 6.73 Å². The highest BCUT2D eigenvalue weighted by Crippen LogP contribution is 2.32. The molecule has 0 aliphatic carbocycles. The minimum atomic E-state index is -4.79. The van der Waals surface area contributed by atoms with E-state index in [2.05, 4.69) is 29.6 Å². The van der Waals surface area contributed by atoms with Crippen LogP contribution in [0.25, 0.3) is 0 Å². The van der Waals surface area contributed by atoms with Gasteiger partial charge in [0.25, 0.3) is 0 Å². The molecule has 2 aromatic heterocycles. The average Bonchev–Trinajstić information content (AvgIpc) is 2.94. The first kappa shape index (κ1) is 21.6. The number of hydrogen-bond donors (Lipinski definition) is 1. The maximum absolute atomic E-state index is 13.0. The number of hydrogen-bond acceptors (Lipinski definition) is 4. The minimum absolute atomic E-state index is 0.0741. The van der Waals surface area contributed by atoms with Crippen LogP contribution in [0.2, 0.25) is 25.7 Å². The summed E-state index contributed by atoms with van der Waals surface area (Å²) in [7, 11) is -1.30. The second kappa shape index (κ2) is 8.53. The Morgan fingerprint density at radius 3 is 2.59 bits per heavy atom. The van der Waals surface area contributed by atoms with Crippen LogP contribution in [0.3, 0.4) is 0 Å². The van der Waals surface area contributed by atoms with Gasteiger partial charge in [-0.3, -0.25) is 4.98 Å². The predicted octanol–water partition coefficient (Wildman–Crippen LogP) is 4.09. The van der Waals surface area contributed by atoms with E-state index in [9.17, 15) is 18.3 Å². The van der Waals surface area contributed by atoms with E-state index >= 15 is 0 Å². The predicted molar refractivity (Wildman–Crippen MR) is 99.1 cm³/mol. The average molecular weight is 402 g/mol. The second-order valence-electron chi connectivity index (χ2n) is 7.83. The lowest BCUT2D eigenvalue weighted by Crippen LogP contribution is -2.25. The standard InChI is InChI=1S/C18H26F3N3O2Si/c1-13-10-22-6-5-14(13)9-15-11-24(12-26-7-8-27(2,3)4)17(23-15)16(25)18(19,20)21/h5-6,10-11,16,25H,7-9,12H2,1-4H3. The maximum atomic E-state index is 13.0. The zero-order valence-corrected chi connectivity index (χ0v) is 17.0. The molecule has 0 amide bonds. The molecule has 0 saturated carbocycles. The number of aromatic nitrogens is 3. The van der Waals surface area contributed by atoms with E-state index in [1.54, 1.807) is 18.5 Å². The molecule has 0 saturated heterocycles. The molecule has 0 bridgehead atoms. The number of alkyl halides is 3. The summed E-state index contributed by atoms with van der Waals surface area (Å²) in [5, 5.41) is 9.69. The number of aliphatic hydroxyl groups excluding tert-OH is 1. The quantitative estimate of drug-likeness (QED) is 0.535. The van der Waals surface area contributed by atoms with Gasteiger partial charge in [0.05, 0.1) is 5.69 Å². The van der Waals surface area contributed by atoms with Crippen LogP contribution in [-0.4, -0.2) is 40.5 Å². The van der Waals surface area contributed by atoms with E-state index in [4.69, 9.17) is 4.74 Å². The molecular weight excluding hydrogens is 375 g/mol. The number of imidazole rings is 1. The number of rotatable bonds is 8. The Labute approximate surface area is 158 Å². The van der Waals surface area contributed by atoms with Crippen LogP contribution >= 0.6 is 0 Å². The molecule has 0 fully saturated rings. The number of ether oxygens (including phenoxy) is 1. The Bertz CT molecular complexity index is 757. The molecule has 5 nitrogen and oxygen atoms in total. The third kappa shape index (κ3) is 6.44. The Morgan fingerprint density at radius 2 is 2.00 bits per heavy atom. The molecule has 0 spiro atoms. The summed E-state index contributed by atoms with van der Waals surface area (Å²) >= 11 is 0. The van der Waals surface area contributed by atoms with Gasteiger partial charge in [-0.2, -0.15) is 13.2 Å². The van der Waals surface area contributed by atoms with Crippen LogP contribution in [0, 0.1) is 6.92 Å². The normalized spacial score (nSPS) is 13.8. The zero-order chi connectivity index (χ0) is 20.2. The Kier molecular flexibility index (Phi) is 6.82. The summed E-state index contributed by atoms with van der Waals surface area (Å²) in [5.74, 6) is -0.447. The number of aliphatic hydroxyl groups is 1. The summed E-state index contributed by atoms with van der Waals surface area (Å²) < 4.78 is 45.8. The van der Waals surface area contributed by atoms with Gasteiger partial charge in [-0.1, -0.05) is 19.6 Å². The van der Waals surface area contributed by atoms with Crippen LogP contribution in [-0.2, 0) is 17.9 Å². The summed E-state index contributed by atoms with van der Waals surface area (Å²) in [6, 6.07) is 2.71. The molecule has 0 radical (unpaired) electrons. The lowest BCUT2D eigenvalue weighted by atomic mass is 10.1. The number of halogens is 3. The van der Waals surface area contributed by atoms with E-state index in [1.165, 1.54) is 10.8 Å². The molecule has 0 aromatic carbocycles. The zero-order valence-electron chi connectivity index (χ0n) is 16.0. The highest BCUT2D eigenvalue weighted by atomic mass is 28.3. The number of nitrogens with zero attached hydrogens (tertiary/aromatic N) is 3. The largest absolute Gasteiger partial charge is 0.421 e. The van der Waals surface area contributed by atoms with Crippen molar-refractivity contribution in [2.24, 2.45) is 0 Å². The first-order valence-electron chi connectivity index (χ1n) is 8.75. The summed E-state index contributed by atoms with van der Waals surface area (Å²) in [6.07, 6.45) is -2.25. The summed E-state index contributed by atoms with van der Waals surface area (Å²) in [5.41, 5.74) is 2.29. The smallest absolute Gasteiger partial charge is 0.377 e. The monoisotopic (exact) mass is 401 g/mol. The fourth-order valence-corrected chi connectivity index (χ4v) is 3.23. The summed E-state index contributed by atoms with van der Waals surface area (Å²) in [4.78, 5) is 8.05. The topological polar surface area (TPSA) is 60.2 Å². The molecule has 0 aliphatic rings. The Balaban J connectivity index is 2.19. The van der Waals surface area contributed by atoms with Crippen molar-refractivity contribution in [1.82, 2.24) is 14.5 Å². The van der Waals surface area contributed by atoms with E-state index in [1.807, 2.05) is 6.92 Å². The molecule has 27 heavy (non-hydrogen) atoms. The molecule has 1 unspecified atom stereocenters. The van der Waals surface area contributed by atoms with E-state index in [0.29, 0.717) is 18.7 Å². The maximum Gasteiger partial charge on any atom is 0.421 e. The van der Waals surface area contributed by atoms with Gasteiger partial charge in [0.1, 0.15) is 12.6 Å². The van der Waals surface area contributed by atoms with Crippen molar-refractivity contribution in [3.8, 4) is 0 Å². The van der Waals surface area contributed by atoms with Crippen LogP contribution in [0.5, 0.6) is 0 Å². The van der Waals surface area contributed by atoms with Gasteiger partial charge >= 0.3 is 6.18 Å². The van der Waals surface area contributed by atoms with E-state index < -0.39 is 26.2 Å². The van der Waals surface area contributed by atoms with Crippen molar-refractivity contribution in [3.05, 3.63) is 47.3 Å². The fourth-order valence-electron chi connectivity index (χ4n) is 2.48. The van der Waals surface area contributed by atoms with Gasteiger partial charge < -0.3 is 14.4 Å². The third-order valence-corrected chi connectivity index (χ3v) is 5.85. The highest BCUT2D eigenvalue weighted by molar-refractivity contribution is 6.76. The minimum Gasteiger partial charge on any atom is -0.377 e. The van der Waals surface area contributed by atoms with Crippen molar-refractivity contribution in [3.63, 3.8) is 0 Å². The van der Waals surface area contributed by atoms with Gasteiger partial charge in [-0.05, 0) is 30.2 Å². The Hall–Kier alpha value is -1.71. The SMILES string of the molecule is Cc1cnccc1Cc1cn(COCC[Si](C)(C)C)c(C(O)C(F)(F)F)n1. The van der Waals surface area contributed by atoms with Gasteiger partial charge in [-0.25, -0.2) is 4.98 Å². The van der Waals surface area contributed by atoms with Crippen molar-refractivity contribution in [1.29, 1.82) is 0 Å². The molecule has 1 N–H and O–H groups in total. The van der Waals surface area contributed by atoms with Crippen molar-refractivity contribution < 1.29 is 23.0 Å². The molecular formula is C18H26F3N3O2Si. The van der Waals surface area contributed by atoms with Crippen molar-refractivity contribution in [2.75, 3.05) is 6.61 Å². The van der Waals surface area contributed by atoms with Crippen LogP contribution in [0.4, 0.5) is 13.2 Å².